The topological polar surface area (TPSA) is 34.1 Å². The van der Waals surface area contributed by atoms with Crippen LogP contribution >= 0.6 is 23.2 Å². The van der Waals surface area contributed by atoms with E-state index in [1.165, 1.54) is 0 Å². The molecule has 2 rings (SSSR count). The number of aryl methyl sites for hydroxylation is 1. The number of Topliss-reactive ketones (excluding diaryl/α,β-unsaturated/α-hetero) is 1. The first-order valence-corrected chi connectivity index (χ1v) is 5.69. The van der Waals surface area contributed by atoms with Gasteiger partial charge in [0, 0.05) is 6.08 Å². The van der Waals surface area contributed by atoms with Crippen molar-refractivity contribution >= 4 is 40.3 Å². The summed E-state index contributed by atoms with van der Waals surface area (Å²) in [5, 5.41) is -0.182. The largest absolute Gasteiger partial charge is 0.288 e. The molecule has 0 fully saturated rings. The van der Waals surface area contributed by atoms with Gasteiger partial charge in [-0.3, -0.25) is 9.59 Å². The molecule has 0 saturated heterocycles. The molecule has 86 valence electrons. The highest BCUT2D eigenvalue weighted by Gasteiger charge is 2.27. The summed E-state index contributed by atoms with van der Waals surface area (Å²) in [6.07, 6.45) is 1.05. The molecule has 1 aromatic carbocycles. The third-order valence-electron chi connectivity index (χ3n) is 2.48. The van der Waals surface area contributed by atoms with E-state index in [1.54, 1.807) is 12.1 Å². The van der Waals surface area contributed by atoms with Crippen LogP contribution in [-0.4, -0.2) is 11.6 Å². The summed E-state index contributed by atoms with van der Waals surface area (Å²) in [6, 6.07) is 7.17. The maximum Gasteiger partial charge on any atom is 0.206 e. The van der Waals surface area contributed by atoms with E-state index >= 15 is 0 Å². The van der Waals surface area contributed by atoms with Gasteiger partial charge < -0.3 is 0 Å². The number of hydrogen-bond donors (Lipinski definition) is 0. The third kappa shape index (κ3) is 2.19. The Morgan fingerprint density at radius 1 is 1.00 bits per heavy atom. The van der Waals surface area contributed by atoms with Crippen molar-refractivity contribution in [3.05, 3.63) is 51.5 Å². The molecule has 17 heavy (non-hydrogen) atoms. The highest BCUT2D eigenvalue weighted by atomic mass is 35.5. The summed E-state index contributed by atoms with van der Waals surface area (Å²) in [4.78, 5) is 23.4. The van der Waals surface area contributed by atoms with Crippen LogP contribution in [0.5, 0.6) is 0 Å². The molecule has 0 amide bonds. The molecule has 1 aliphatic carbocycles. The number of carbonyl (C=O) groups is 2. The normalized spacial score (nSPS) is 16.3. The lowest BCUT2D eigenvalue weighted by atomic mass is 9.95. The lowest BCUT2D eigenvalue weighted by Crippen LogP contribution is -2.13. The van der Waals surface area contributed by atoms with Crippen LogP contribution in [0.15, 0.2) is 40.4 Å². The Morgan fingerprint density at radius 3 is 2.18 bits per heavy atom. The number of allylic oxidation sites excluding steroid dienone is 4. The third-order valence-corrected chi connectivity index (χ3v) is 3.13. The van der Waals surface area contributed by atoms with E-state index in [-0.39, 0.29) is 15.6 Å². The molecular weight excluding hydrogens is 259 g/mol. The zero-order valence-corrected chi connectivity index (χ0v) is 10.5. The van der Waals surface area contributed by atoms with Gasteiger partial charge >= 0.3 is 0 Å². The average molecular weight is 267 g/mol. The number of benzene rings is 1. The van der Waals surface area contributed by atoms with Crippen LogP contribution in [0.1, 0.15) is 11.1 Å². The second-order valence-electron chi connectivity index (χ2n) is 3.74. The Labute approximate surface area is 109 Å². The Balaban J connectivity index is 2.57. The molecule has 4 heteroatoms. The first-order valence-electron chi connectivity index (χ1n) is 4.93. The van der Waals surface area contributed by atoms with Crippen molar-refractivity contribution in [1.82, 2.24) is 0 Å². The average Bonchev–Trinajstić information content (AvgIpc) is 2.29. The molecule has 2 nitrogen and oxygen atoms in total. The molecule has 0 radical (unpaired) electrons. The first-order chi connectivity index (χ1) is 8.00. The first kappa shape index (κ1) is 12.1. The Bertz CT molecular complexity index is 566. The van der Waals surface area contributed by atoms with Crippen molar-refractivity contribution in [3.8, 4) is 0 Å². The number of rotatable bonds is 1. The number of carbonyl (C=O) groups excluding carboxylic acids is 2. The minimum atomic E-state index is -0.438. The van der Waals surface area contributed by atoms with E-state index in [1.807, 2.05) is 19.1 Å². The maximum atomic E-state index is 11.9. The van der Waals surface area contributed by atoms with Gasteiger partial charge in [0.25, 0.3) is 0 Å². The standard InChI is InChI=1S/C13H8Cl2O2/c1-7-2-4-8(5-3-7)11-12(15)10(16)6-9(14)13(11)17/h2-6H,1H3. The van der Waals surface area contributed by atoms with E-state index in [2.05, 4.69) is 0 Å². The predicted molar refractivity (Wildman–Crippen MR) is 67.9 cm³/mol. The van der Waals surface area contributed by atoms with Gasteiger partial charge in [-0.25, -0.2) is 0 Å². The lowest BCUT2D eigenvalue weighted by Gasteiger charge is -2.12. The Hall–Kier alpha value is -1.38. The van der Waals surface area contributed by atoms with Crippen molar-refractivity contribution in [3.63, 3.8) is 0 Å². The highest BCUT2D eigenvalue weighted by Crippen LogP contribution is 2.31. The summed E-state index contributed by atoms with van der Waals surface area (Å²) in [5.41, 5.74) is 1.83. The van der Waals surface area contributed by atoms with Crippen LogP contribution in [0.3, 0.4) is 0 Å². The molecule has 0 saturated carbocycles. The van der Waals surface area contributed by atoms with Gasteiger partial charge in [-0.1, -0.05) is 53.0 Å². The summed E-state index contributed by atoms with van der Waals surface area (Å²) < 4.78 is 0. The fourth-order valence-electron chi connectivity index (χ4n) is 1.56. The molecule has 0 heterocycles. The fourth-order valence-corrected chi connectivity index (χ4v) is 2.01. The van der Waals surface area contributed by atoms with Crippen LogP contribution in [0.25, 0.3) is 5.57 Å². The second kappa shape index (κ2) is 4.47. The number of halogens is 2. The summed E-state index contributed by atoms with van der Waals surface area (Å²) >= 11 is 11.6. The maximum absolute atomic E-state index is 11.9. The highest BCUT2D eigenvalue weighted by molar-refractivity contribution is 6.61. The number of ketones is 2. The van der Waals surface area contributed by atoms with Gasteiger partial charge in [-0.05, 0) is 12.5 Å². The summed E-state index contributed by atoms with van der Waals surface area (Å²) in [6.45, 7) is 1.93. The van der Waals surface area contributed by atoms with Crippen molar-refractivity contribution in [2.24, 2.45) is 0 Å². The summed E-state index contributed by atoms with van der Waals surface area (Å²) in [5.74, 6) is -0.855. The van der Waals surface area contributed by atoms with Crippen LogP contribution in [-0.2, 0) is 9.59 Å². The van der Waals surface area contributed by atoms with E-state index in [0.29, 0.717) is 5.56 Å². The van der Waals surface area contributed by atoms with Crippen molar-refractivity contribution in [2.45, 2.75) is 6.92 Å². The molecule has 0 aliphatic heterocycles. The smallest absolute Gasteiger partial charge is 0.206 e. The van der Waals surface area contributed by atoms with E-state index < -0.39 is 11.6 Å². The molecule has 0 spiro atoms. The van der Waals surface area contributed by atoms with E-state index in [4.69, 9.17) is 23.2 Å². The molecule has 0 bridgehead atoms. The van der Waals surface area contributed by atoms with Gasteiger partial charge in [0.15, 0.2) is 5.78 Å². The zero-order valence-electron chi connectivity index (χ0n) is 8.96. The van der Waals surface area contributed by atoms with Crippen LogP contribution in [0, 0.1) is 6.92 Å². The lowest BCUT2D eigenvalue weighted by molar-refractivity contribution is -0.113. The van der Waals surface area contributed by atoms with Crippen LogP contribution in [0.4, 0.5) is 0 Å². The monoisotopic (exact) mass is 266 g/mol. The molecule has 0 unspecified atom stereocenters. The molecule has 0 aromatic heterocycles. The molecule has 1 aliphatic rings. The van der Waals surface area contributed by atoms with Gasteiger partial charge in [0.2, 0.25) is 5.78 Å². The SMILES string of the molecule is Cc1ccc(C2=C(Cl)C(=O)C=C(Cl)C2=O)cc1. The molecule has 0 atom stereocenters. The van der Waals surface area contributed by atoms with E-state index in [0.717, 1.165) is 11.6 Å². The molecule has 1 aromatic rings. The van der Waals surface area contributed by atoms with Gasteiger partial charge in [-0.15, -0.1) is 0 Å². The zero-order chi connectivity index (χ0) is 12.6. The van der Waals surface area contributed by atoms with Gasteiger partial charge in [0.05, 0.1) is 15.6 Å². The van der Waals surface area contributed by atoms with Crippen molar-refractivity contribution in [1.29, 1.82) is 0 Å². The Morgan fingerprint density at radius 2 is 1.59 bits per heavy atom. The molecule has 0 N–H and O–H groups in total. The molecular formula is C13H8Cl2O2. The van der Waals surface area contributed by atoms with Gasteiger partial charge in [0.1, 0.15) is 0 Å². The van der Waals surface area contributed by atoms with Gasteiger partial charge in [-0.2, -0.15) is 0 Å². The van der Waals surface area contributed by atoms with Crippen molar-refractivity contribution < 1.29 is 9.59 Å². The van der Waals surface area contributed by atoms with Crippen molar-refractivity contribution in [2.75, 3.05) is 0 Å². The minimum Gasteiger partial charge on any atom is -0.288 e. The van der Waals surface area contributed by atoms with Crippen LogP contribution in [0.2, 0.25) is 0 Å². The van der Waals surface area contributed by atoms with E-state index in [9.17, 15) is 9.59 Å². The summed E-state index contributed by atoms with van der Waals surface area (Å²) in [7, 11) is 0. The fraction of sp³-hybridized carbons (Fsp3) is 0.0769. The second-order valence-corrected chi connectivity index (χ2v) is 4.53. The minimum absolute atomic E-state index is 0.0803. The predicted octanol–water partition coefficient (Wildman–Crippen LogP) is 3.22. The number of hydrogen-bond acceptors (Lipinski definition) is 2. The Kier molecular flexibility index (Phi) is 3.18. The quantitative estimate of drug-likeness (QED) is 0.732. The van der Waals surface area contributed by atoms with Crippen LogP contribution < -0.4 is 0 Å².